The van der Waals surface area contributed by atoms with Crippen LogP contribution >= 0.6 is 0 Å². The number of ether oxygens (including phenoxy) is 1. The number of hydrogen-bond donors (Lipinski definition) is 1. The van der Waals surface area contributed by atoms with Crippen molar-refractivity contribution in [1.82, 2.24) is 9.55 Å². The van der Waals surface area contributed by atoms with Crippen LogP contribution in [0.3, 0.4) is 0 Å². The minimum Gasteiger partial charge on any atom is -0.450 e. The van der Waals surface area contributed by atoms with E-state index >= 15 is 0 Å². The second-order valence-electron chi connectivity index (χ2n) is 4.01. The third kappa shape index (κ3) is 2.54. The molecule has 0 fully saturated rings. The van der Waals surface area contributed by atoms with E-state index in [4.69, 9.17) is 4.74 Å². The maximum Gasteiger partial charge on any atom is 0.449 e. The van der Waals surface area contributed by atoms with Crippen molar-refractivity contribution < 1.29 is 22.7 Å². The summed E-state index contributed by atoms with van der Waals surface area (Å²) in [6.07, 6.45) is -5.29. The van der Waals surface area contributed by atoms with Crippen molar-refractivity contribution in [3.63, 3.8) is 0 Å². The molecule has 2 aromatic rings. The van der Waals surface area contributed by atoms with E-state index in [-0.39, 0.29) is 23.3 Å². The zero-order chi connectivity index (χ0) is 14.9. The van der Waals surface area contributed by atoms with Gasteiger partial charge in [-0.3, -0.25) is 5.32 Å². The summed E-state index contributed by atoms with van der Waals surface area (Å²) in [7, 11) is 1.24. The minimum absolute atomic E-state index is 0.147. The topological polar surface area (TPSA) is 56.1 Å². The zero-order valence-corrected chi connectivity index (χ0v) is 10.8. The van der Waals surface area contributed by atoms with Crippen molar-refractivity contribution in [2.75, 3.05) is 11.9 Å². The molecule has 0 saturated heterocycles. The third-order valence-electron chi connectivity index (χ3n) is 2.66. The first-order valence-electron chi connectivity index (χ1n) is 5.81. The van der Waals surface area contributed by atoms with Gasteiger partial charge in [-0.25, -0.2) is 9.78 Å². The van der Waals surface area contributed by atoms with Gasteiger partial charge < -0.3 is 9.30 Å². The highest BCUT2D eigenvalue weighted by atomic mass is 19.4. The molecule has 1 aromatic heterocycles. The number of nitrogens with one attached hydrogen (secondary N) is 1. The van der Waals surface area contributed by atoms with Gasteiger partial charge in [0.15, 0.2) is 0 Å². The SMILES string of the molecule is CCOC(=O)Nc1cccc2nc(C(F)(F)F)n(C)c12. The van der Waals surface area contributed by atoms with Crippen LogP contribution in [-0.2, 0) is 18.0 Å². The summed E-state index contributed by atoms with van der Waals surface area (Å²) >= 11 is 0. The van der Waals surface area contributed by atoms with E-state index in [2.05, 4.69) is 10.3 Å². The highest BCUT2D eigenvalue weighted by molar-refractivity contribution is 5.97. The van der Waals surface area contributed by atoms with E-state index in [0.717, 1.165) is 4.57 Å². The molecule has 1 heterocycles. The normalized spacial score (nSPS) is 11.7. The van der Waals surface area contributed by atoms with Crippen LogP contribution in [0.15, 0.2) is 18.2 Å². The first-order chi connectivity index (χ1) is 9.34. The first kappa shape index (κ1) is 14.2. The summed E-state index contributed by atoms with van der Waals surface area (Å²) in [5, 5.41) is 2.40. The molecule has 0 spiro atoms. The van der Waals surface area contributed by atoms with Crippen LogP contribution in [0, 0.1) is 0 Å². The largest absolute Gasteiger partial charge is 0.450 e. The number of amides is 1. The summed E-state index contributed by atoms with van der Waals surface area (Å²) in [5.74, 6) is -1.02. The van der Waals surface area contributed by atoms with E-state index in [9.17, 15) is 18.0 Å². The minimum atomic E-state index is -4.56. The molecular weight excluding hydrogens is 275 g/mol. The number of carbonyl (C=O) groups is 1. The summed E-state index contributed by atoms with van der Waals surface area (Å²) in [4.78, 5) is 14.9. The Balaban J connectivity index is 2.52. The average molecular weight is 287 g/mol. The summed E-state index contributed by atoms with van der Waals surface area (Å²) < 4.78 is 44.0. The second kappa shape index (κ2) is 5.03. The standard InChI is InChI=1S/C12H12F3N3O2/c1-3-20-11(19)17-8-6-4-5-7-9(8)18(2)10(16-7)12(13,14)15/h4-6H,3H2,1-2H3,(H,17,19). The number of rotatable bonds is 2. The van der Waals surface area contributed by atoms with E-state index in [1.165, 1.54) is 25.2 Å². The number of halogens is 3. The molecule has 0 aliphatic heterocycles. The summed E-state index contributed by atoms with van der Waals surface area (Å²) in [5.41, 5.74) is 0.549. The average Bonchev–Trinajstić information content (AvgIpc) is 2.68. The van der Waals surface area contributed by atoms with Crippen LogP contribution in [0.25, 0.3) is 11.0 Å². The Hall–Kier alpha value is -2.25. The summed E-state index contributed by atoms with van der Waals surface area (Å²) in [6.45, 7) is 1.80. The lowest BCUT2D eigenvalue weighted by molar-refractivity contribution is -0.146. The molecular formula is C12H12F3N3O2. The molecule has 0 unspecified atom stereocenters. The highest BCUT2D eigenvalue weighted by Gasteiger charge is 2.37. The van der Waals surface area contributed by atoms with Crippen molar-refractivity contribution in [3.05, 3.63) is 24.0 Å². The van der Waals surface area contributed by atoms with Crippen molar-refractivity contribution in [1.29, 1.82) is 0 Å². The molecule has 1 amide bonds. The quantitative estimate of drug-likeness (QED) is 0.923. The number of carbonyl (C=O) groups excluding carboxylic acids is 1. The Morgan fingerprint density at radius 2 is 2.15 bits per heavy atom. The molecule has 0 bridgehead atoms. The molecule has 0 atom stereocenters. The van der Waals surface area contributed by atoms with Gasteiger partial charge in [0.25, 0.3) is 0 Å². The van der Waals surface area contributed by atoms with E-state index in [0.29, 0.717) is 0 Å². The van der Waals surface area contributed by atoms with E-state index in [1.54, 1.807) is 6.92 Å². The lowest BCUT2D eigenvalue weighted by atomic mass is 10.2. The predicted octanol–water partition coefficient (Wildman–Crippen LogP) is 3.16. The van der Waals surface area contributed by atoms with Crippen LogP contribution in [0.5, 0.6) is 0 Å². The summed E-state index contributed by atoms with van der Waals surface area (Å²) in [6, 6.07) is 4.44. The Kier molecular flexibility index (Phi) is 3.56. The fourth-order valence-electron chi connectivity index (χ4n) is 1.90. The number of aromatic nitrogens is 2. The van der Waals surface area contributed by atoms with E-state index < -0.39 is 18.1 Å². The monoisotopic (exact) mass is 287 g/mol. The molecule has 0 saturated carbocycles. The fraction of sp³-hybridized carbons (Fsp3) is 0.333. The number of para-hydroxylation sites is 1. The van der Waals surface area contributed by atoms with Crippen molar-refractivity contribution >= 4 is 22.8 Å². The Labute approximate surface area is 112 Å². The maximum absolute atomic E-state index is 12.8. The first-order valence-corrected chi connectivity index (χ1v) is 5.81. The Morgan fingerprint density at radius 3 is 2.75 bits per heavy atom. The van der Waals surface area contributed by atoms with Crippen molar-refractivity contribution in [2.45, 2.75) is 13.1 Å². The number of benzene rings is 1. The number of fused-ring (bicyclic) bond motifs is 1. The molecule has 1 N–H and O–H groups in total. The van der Waals surface area contributed by atoms with Gasteiger partial charge in [-0.1, -0.05) is 6.07 Å². The van der Waals surface area contributed by atoms with Gasteiger partial charge in [0.1, 0.15) is 0 Å². The van der Waals surface area contributed by atoms with Crippen LogP contribution < -0.4 is 5.32 Å². The molecule has 0 aliphatic carbocycles. The molecule has 20 heavy (non-hydrogen) atoms. The van der Waals surface area contributed by atoms with Gasteiger partial charge in [-0.2, -0.15) is 13.2 Å². The zero-order valence-electron chi connectivity index (χ0n) is 10.8. The highest BCUT2D eigenvalue weighted by Crippen LogP contribution is 2.33. The van der Waals surface area contributed by atoms with Crippen molar-refractivity contribution in [3.8, 4) is 0 Å². The third-order valence-corrected chi connectivity index (χ3v) is 2.66. The fourth-order valence-corrected chi connectivity index (χ4v) is 1.90. The second-order valence-corrected chi connectivity index (χ2v) is 4.01. The van der Waals surface area contributed by atoms with Crippen molar-refractivity contribution in [2.24, 2.45) is 7.05 Å². The number of alkyl halides is 3. The lowest BCUT2D eigenvalue weighted by Gasteiger charge is -2.09. The molecule has 2 rings (SSSR count). The van der Waals surface area contributed by atoms with Gasteiger partial charge in [0.05, 0.1) is 23.3 Å². The van der Waals surface area contributed by atoms with Crippen LogP contribution in [-0.4, -0.2) is 22.3 Å². The smallest absolute Gasteiger partial charge is 0.449 e. The van der Waals surface area contributed by atoms with Gasteiger partial charge in [-0.15, -0.1) is 0 Å². The molecule has 5 nitrogen and oxygen atoms in total. The molecule has 108 valence electrons. The van der Waals surface area contributed by atoms with Crippen LogP contribution in [0.4, 0.5) is 23.7 Å². The molecule has 0 radical (unpaired) electrons. The molecule has 1 aromatic carbocycles. The lowest BCUT2D eigenvalue weighted by Crippen LogP contribution is -2.15. The van der Waals surface area contributed by atoms with Gasteiger partial charge in [-0.05, 0) is 19.1 Å². The number of aryl methyl sites for hydroxylation is 1. The number of nitrogens with zero attached hydrogens (tertiary/aromatic N) is 2. The predicted molar refractivity (Wildman–Crippen MR) is 66.4 cm³/mol. The van der Waals surface area contributed by atoms with Crippen LogP contribution in [0.2, 0.25) is 0 Å². The number of hydrogen-bond acceptors (Lipinski definition) is 3. The molecule has 0 aliphatic rings. The maximum atomic E-state index is 12.8. The molecule has 8 heteroatoms. The van der Waals surface area contributed by atoms with Gasteiger partial charge in [0.2, 0.25) is 5.82 Å². The Morgan fingerprint density at radius 1 is 1.45 bits per heavy atom. The van der Waals surface area contributed by atoms with Gasteiger partial charge >= 0.3 is 12.3 Å². The number of anilines is 1. The van der Waals surface area contributed by atoms with E-state index in [1.807, 2.05) is 0 Å². The van der Waals surface area contributed by atoms with Crippen LogP contribution in [0.1, 0.15) is 12.7 Å². The Bertz CT molecular complexity index is 649. The number of imidazole rings is 1. The van der Waals surface area contributed by atoms with Gasteiger partial charge in [0, 0.05) is 7.05 Å².